The molecule has 1 saturated carbocycles. The van der Waals surface area contributed by atoms with Gasteiger partial charge < -0.3 is 11.1 Å². The molecule has 0 saturated heterocycles. The molecule has 1 rings (SSSR count). The molecule has 0 heterocycles. The number of nitrogens with one attached hydrogen (secondary N) is 1. The molecule has 4 heteroatoms. The zero-order valence-corrected chi connectivity index (χ0v) is 13.8. The van der Waals surface area contributed by atoms with Crippen LogP contribution in [-0.4, -0.2) is 30.0 Å². The Balaban J connectivity index is 2.61. The van der Waals surface area contributed by atoms with Crippen LogP contribution in [0.3, 0.4) is 0 Å². The van der Waals surface area contributed by atoms with E-state index in [1.807, 2.05) is 11.8 Å². The van der Waals surface area contributed by atoms with E-state index in [0.29, 0.717) is 5.92 Å². The Labute approximate surface area is 122 Å². The first-order chi connectivity index (χ1) is 8.80. The van der Waals surface area contributed by atoms with Crippen LogP contribution in [0.5, 0.6) is 0 Å². The highest BCUT2D eigenvalue weighted by atomic mass is 32.2. The van der Waals surface area contributed by atoms with Crippen molar-refractivity contribution in [3.8, 4) is 0 Å². The van der Waals surface area contributed by atoms with Gasteiger partial charge in [-0.2, -0.15) is 11.8 Å². The van der Waals surface area contributed by atoms with Gasteiger partial charge in [-0.25, -0.2) is 0 Å². The molecular weight excluding hydrogens is 256 g/mol. The van der Waals surface area contributed by atoms with Gasteiger partial charge in [0.25, 0.3) is 0 Å². The SMILES string of the molecule is CSCCC(C)NC(=O)C1CCC(N)C(C)C1(C)C. The van der Waals surface area contributed by atoms with Gasteiger partial charge >= 0.3 is 0 Å². The molecular formula is C15H30N2OS. The number of hydrogen-bond acceptors (Lipinski definition) is 3. The molecule has 0 aliphatic heterocycles. The fraction of sp³-hybridized carbons (Fsp3) is 0.933. The Morgan fingerprint density at radius 2 is 2.11 bits per heavy atom. The van der Waals surface area contributed by atoms with Crippen molar-refractivity contribution in [3.63, 3.8) is 0 Å². The summed E-state index contributed by atoms with van der Waals surface area (Å²) >= 11 is 1.83. The average Bonchev–Trinajstić information content (AvgIpc) is 2.33. The summed E-state index contributed by atoms with van der Waals surface area (Å²) < 4.78 is 0. The Bertz CT molecular complexity index is 307. The fourth-order valence-corrected chi connectivity index (χ4v) is 3.62. The second-order valence-corrected chi connectivity index (χ2v) is 7.58. The Morgan fingerprint density at radius 3 is 2.68 bits per heavy atom. The number of amides is 1. The highest BCUT2D eigenvalue weighted by Gasteiger charge is 2.45. The van der Waals surface area contributed by atoms with Gasteiger partial charge in [0.05, 0.1) is 0 Å². The van der Waals surface area contributed by atoms with E-state index < -0.39 is 0 Å². The predicted molar refractivity (Wildman–Crippen MR) is 84.2 cm³/mol. The number of carbonyl (C=O) groups is 1. The first-order valence-electron chi connectivity index (χ1n) is 7.35. The normalized spacial score (nSPS) is 31.8. The average molecular weight is 286 g/mol. The lowest BCUT2D eigenvalue weighted by atomic mass is 9.61. The molecule has 19 heavy (non-hydrogen) atoms. The molecule has 1 fully saturated rings. The standard InChI is InChI=1S/C15H30N2OS/c1-10(8-9-19-5)17-14(18)12-6-7-13(16)11(2)15(12,3)4/h10-13H,6-9,16H2,1-5H3,(H,17,18). The molecule has 4 unspecified atom stereocenters. The molecule has 3 nitrogen and oxygen atoms in total. The summed E-state index contributed by atoms with van der Waals surface area (Å²) in [5.74, 6) is 1.80. The van der Waals surface area contributed by atoms with Crippen LogP contribution in [0.2, 0.25) is 0 Å². The Hall–Kier alpha value is -0.220. The number of rotatable bonds is 5. The molecule has 0 radical (unpaired) electrons. The van der Waals surface area contributed by atoms with E-state index in [2.05, 4.69) is 39.3 Å². The summed E-state index contributed by atoms with van der Waals surface area (Å²) in [6.45, 7) is 8.65. The minimum absolute atomic E-state index is 0.0129. The van der Waals surface area contributed by atoms with Crippen molar-refractivity contribution in [1.82, 2.24) is 5.32 Å². The quantitative estimate of drug-likeness (QED) is 0.817. The van der Waals surface area contributed by atoms with Gasteiger partial charge in [-0.05, 0) is 49.5 Å². The van der Waals surface area contributed by atoms with E-state index >= 15 is 0 Å². The van der Waals surface area contributed by atoms with Crippen molar-refractivity contribution in [1.29, 1.82) is 0 Å². The summed E-state index contributed by atoms with van der Waals surface area (Å²) in [7, 11) is 0. The lowest BCUT2D eigenvalue weighted by molar-refractivity contribution is -0.133. The predicted octanol–water partition coefficient (Wildman–Crippen LogP) is 2.64. The first kappa shape index (κ1) is 16.8. The van der Waals surface area contributed by atoms with Crippen LogP contribution >= 0.6 is 11.8 Å². The second-order valence-electron chi connectivity index (χ2n) is 6.59. The van der Waals surface area contributed by atoms with Gasteiger partial charge in [0, 0.05) is 18.0 Å². The van der Waals surface area contributed by atoms with Crippen molar-refractivity contribution in [2.24, 2.45) is 23.0 Å². The molecule has 0 spiro atoms. The molecule has 0 aromatic carbocycles. The summed E-state index contributed by atoms with van der Waals surface area (Å²) in [5, 5.41) is 3.18. The molecule has 0 aromatic rings. The van der Waals surface area contributed by atoms with Gasteiger partial charge in [0.1, 0.15) is 0 Å². The maximum Gasteiger partial charge on any atom is 0.223 e. The summed E-state index contributed by atoms with van der Waals surface area (Å²) in [4.78, 5) is 12.5. The van der Waals surface area contributed by atoms with Gasteiger partial charge in [-0.3, -0.25) is 4.79 Å². The van der Waals surface area contributed by atoms with Crippen LogP contribution in [0.4, 0.5) is 0 Å². The van der Waals surface area contributed by atoms with Crippen LogP contribution in [0.1, 0.15) is 47.0 Å². The maximum absolute atomic E-state index is 12.5. The number of carbonyl (C=O) groups excluding carboxylic acids is 1. The van der Waals surface area contributed by atoms with E-state index in [1.54, 1.807) is 0 Å². The lowest BCUT2D eigenvalue weighted by Gasteiger charge is -2.46. The van der Waals surface area contributed by atoms with E-state index in [1.165, 1.54) is 0 Å². The van der Waals surface area contributed by atoms with Crippen molar-refractivity contribution in [2.45, 2.75) is 59.0 Å². The minimum atomic E-state index is -0.0129. The number of thioether (sulfide) groups is 1. The second kappa shape index (κ2) is 6.98. The van der Waals surface area contributed by atoms with Crippen molar-refractivity contribution in [2.75, 3.05) is 12.0 Å². The summed E-state index contributed by atoms with van der Waals surface area (Å²) in [6.07, 6.45) is 5.01. The molecule has 3 N–H and O–H groups in total. The van der Waals surface area contributed by atoms with Crippen LogP contribution in [0.25, 0.3) is 0 Å². The molecule has 112 valence electrons. The van der Waals surface area contributed by atoms with Crippen LogP contribution in [0.15, 0.2) is 0 Å². The number of nitrogens with two attached hydrogens (primary N) is 1. The summed E-state index contributed by atoms with van der Waals surface area (Å²) in [5.41, 5.74) is 6.14. The minimum Gasteiger partial charge on any atom is -0.353 e. The number of hydrogen-bond donors (Lipinski definition) is 2. The lowest BCUT2D eigenvalue weighted by Crippen LogP contribution is -2.52. The Kier molecular flexibility index (Phi) is 6.18. The van der Waals surface area contributed by atoms with E-state index in [0.717, 1.165) is 25.0 Å². The van der Waals surface area contributed by atoms with Crippen molar-refractivity contribution in [3.05, 3.63) is 0 Å². The monoisotopic (exact) mass is 286 g/mol. The highest BCUT2D eigenvalue weighted by molar-refractivity contribution is 7.98. The largest absolute Gasteiger partial charge is 0.353 e. The zero-order valence-electron chi connectivity index (χ0n) is 13.0. The topological polar surface area (TPSA) is 55.1 Å². The third-order valence-corrected chi connectivity index (χ3v) is 5.61. The maximum atomic E-state index is 12.5. The van der Waals surface area contributed by atoms with E-state index in [-0.39, 0.29) is 29.3 Å². The molecule has 1 aliphatic carbocycles. The van der Waals surface area contributed by atoms with Crippen LogP contribution in [0, 0.1) is 17.3 Å². The van der Waals surface area contributed by atoms with Crippen molar-refractivity contribution < 1.29 is 4.79 Å². The zero-order chi connectivity index (χ0) is 14.6. The molecule has 1 amide bonds. The Morgan fingerprint density at radius 1 is 1.47 bits per heavy atom. The smallest absolute Gasteiger partial charge is 0.223 e. The van der Waals surface area contributed by atoms with Gasteiger partial charge in [-0.15, -0.1) is 0 Å². The molecule has 4 atom stereocenters. The van der Waals surface area contributed by atoms with Gasteiger partial charge in [-0.1, -0.05) is 20.8 Å². The van der Waals surface area contributed by atoms with E-state index in [9.17, 15) is 4.79 Å². The van der Waals surface area contributed by atoms with Gasteiger partial charge in [0.2, 0.25) is 5.91 Å². The fourth-order valence-electron chi connectivity index (χ4n) is 3.03. The molecule has 1 aliphatic rings. The highest BCUT2D eigenvalue weighted by Crippen LogP contribution is 2.44. The van der Waals surface area contributed by atoms with Gasteiger partial charge in [0.15, 0.2) is 0 Å². The molecule has 0 aromatic heterocycles. The molecule has 0 bridgehead atoms. The summed E-state index contributed by atoms with van der Waals surface area (Å²) in [6, 6.07) is 0.495. The van der Waals surface area contributed by atoms with Crippen molar-refractivity contribution >= 4 is 17.7 Å². The van der Waals surface area contributed by atoms with E-state index in [4.69, 9.17) is 5.73 Å². The third kappa shape index (κ3) is 4.12. The first-order valence-corrected chi connectivity index (χ1v) is 8.75. The third-order valence-electron chi connectivity index (χ3n) is 4.96. The van der Waals surface area contributed by atoms with Crippen LogP contribution < -0.4 is 11.1 Å². The van der Waals surface area contributed by atoms with Crippen LogP contribution in [-0.2, 0) is 4.79 Å².